The number of aromatic nitrogens is 1. The molecule has 3 nitrogen and oxygen atoms in total. The van der Waals surface area contributed by atoms with E-state index in [1.165, 1.54) is 17.0 Å². The van der Waals surface area contributed by atoms with Crippen LogP contribution in [0, 0.1) is 0 Å². The highest BCUT2D eigenvalue weighted by atomic mass is 19.1. The van der Waals surface area contributed by atoms with Crippen LogP contribution in [-0.2, 0) is 6.54 Å². The van der Waals surface area contributed by atoms with E-state index >= 15 is 0 Å². The molecule has 0 radical (unpaired) electrons. The first-order chi connectivity index (χ1) is 6.33. The molecule has 13 heavy (non-hydrogen) atoms. The Morgan fingerprint density at radius 1 is 1.46 bits per heavy atom. The van der Waals surface area contributed by atoms with Gasteiger partial charge in [0, 0.05) is 6.20 Å². The normalized spacial score (nSPS) is 10.8. The lowest BCUT2D eigenvalue weighted by Crippen LogP contribution is -2.19. The summed E-state index contributed by atoms with van der Waals surface area (Å²) < 4.78 is 18.4. The van der Waals surface area contributed by atoms with E-state index in [9.17, 15) is 9.18 Å². The molecular formula is C9H8FNO2. The molecule has 0 bridgehead atoms. The molecule has 0 saturated heterocycles. The summed E-state index contributed by atoms with van der Waals surface area (Å²) in [5, 5.41) is 0.496. The number of hydrogen-bond acceptors (Lipinski definition) is 2. The molecule has 2 aromatic rings. The molecule has 0 unspecified atom stereocenters. The third kappa shape index (κ3) is 1.24. The second-order valence-corrected chi connectivity index (χ2v) is 2.70. The smallest absolute Gasteiger partial charge is 0.261 e. The minimum Gasteiger partial charge on any atom is -0.464 e. The Labute approximate surface area is 73.4 Å². The third-order valence-corrected chi connectivity index (χ3v) is 1.92. The SMILES string of the molecule is O=c1c2ccoc2ccn1CCF. The third-order valence-electron chi connectivity index (χ3n) is 1.92. The van der Waals surface area contributed by atoms with Gasteiger partial charge < -0.3 is 8.98 Å². The number of nitrogens with zero attached hydrogens (tertiary/aromatic N) is 1. The van der Waals surface area contributed by atoms with Crippen molar-refractivity contribution in [1.82, 2.24) is 4.57 Å². The summed E-state index contributed by atoms with van der Waals surface area (Å²) in [6, 6.07) is 3.25. The van der Waals surface area contributed by atoms with Crippen LogP contribution in [-0.4, -0.2) is 11.2 Å². The second kappa shape index (κ2) is 3.05. The standard InChI is InChI=1S/C9H8FNO2/c10-3-5-11-4-1-8-7(9(11)12)2-6-13-8/h1-2,4,6H,3,5H2. The molecule has 0 atom stereocenters. The summed E-state index contributed by atoms with van der Waals surface area (Å²) >= 11 is 0. The maximum Gasteiger partial charge on any atom is 0.261 e. The number of rotatable bonds is 2. The minimum absolute atomic E-state index is 0.0972. The fraction of sp³-hybridized carbons (Fsp3) is 0.222. The van der Waals surface area contributed by atoms with Crippen LogP contribution in [0.25, 0.3) is 11.0 Å². The summed E-state index contributed by atoms with van der Waals surface area (Å²) in [5.74, 6) is 0. The number of fused-ring (bicyclic) bond motifs is 1. The number of aryl methyl sites for hydroxylation is 1. The van der Waals surface area contributed by atoms with Gasteiger partial charge in [0.2, 0.25) is 0 Å². The predicted octanol–water partition coefficient (Wildman–Crippen LogP) is 1.56. The average molecular weight is 181 g/mol. The highest BCUT2D eigenvalue weighted by Gasteiger charge is 2.03. The van der Waals surface area contributed by atoms with Gasteiger partial charge in [-0.1, -0.05) is 0 Å². The maximum absolute atomic E-state index is 12.0. The molecule has 0 aliphatic rings. The zero-order chi connectivity index (χ0) is 9.26. The van der Waals surface area contributed by atoms with Gasteiger partial charge >= 0.3 is 0 Å². The molecular weight excluding hydrogens is 173 g/mol. The molecule has 0 spiro atoms. The highest BCUT2D eigenvalue weighted by Crippen LogP contribution is 2.09. The Bertz CT molecular complexity index is 472. The number of furan rings is 1. The van der Waals surface area contributed by atoms with Crippen molar-refractivity contribution < 1.29 is 8.81 Å². The Morgan fingerprint density at radius 3 is 3.08 bits per heavy atom. The highest BCUT2D eigenvalue weighted by molar-refractivity contribution is 5.75. The maximum atomic E-state index is 12.0. The van der Waals surface area contributed by atoms with Gasteiger partial charge in [-0.05, 0) is 12.1 Å². The fourth-order valence-corrected chi connectivity index (χ4v) is 1.27. The van der Waals surface area contributed by atoms with Crippen LogP contribution in [0.15, 0.2) is 33.8 Å². The summed E-state index contributed by atoms with van der Waals surface area (Å²) in [5.41, 5.74) is 0.337. The number of hydrogen-bond donors (Lipinski definition) is 0. The predicted molar refractivity (Wildman–Crippen MR) is 46.4 cm³/mol. The van der Waals surface area contributed by atoms with E-state index in [4.69, 9.17) is 4.42 Å². The molecule has 0 N–H and O–H groups in total. The van der Waals surface area contributed by atoms with Crippen molar-refractivity contribution in [3.05, 3.63) is 34.9 Å². The van der Waals surface area contributed by atoms with Crippen LogP contribution >= 0.6 is 0 Å². The Kier molecular flexibility index (Phi) is 1.88. The lowest BCUT2D eigenvalue weighted by Gasteiger charge is -2.00. The van der Waals surface area contributed by atoms with Crippen LogP contribution in [0.1, 0.15) is 0 Å². The van der Waals surface area contributed by atoms with E-state index in [2.05, 4.69) is 0 Å². The Balaban J connectivity index is 2.67. The van der Waals surface area contributed by atoms with E-state index < -0.39 is 6.67 Å². The van der Waals surface area contributed by atoms with Crippen molar-refractivity contribution in [2.24, 2.45) is 0 Å². The van der Waals surface area contributed by atoms with E-state index in [0.29, 0.717) is 11.0 Å². The molecule has 0 aliphatic heterocycles. The lowest BCUT2D eigenvalue weighted by atomic mass is 10.3. The van der Waals surface area contributed by atoms with Crippen LogP contribution in [0.2, 0.25) is 0 Å². The molecule has 2 heterocycles. The van der Waals surface area contributed by atoms with Crippen molar-refractivity contribution in [1.29, 1.82) is 0 Å². The summed E-state index contributed by atoms with van der Waals surface area (Å²) in [7, 11) is 0. The molecule has 2 aromatic heterocycles. The van der Waals surface area contributed by atoms with Crippen LogP contribution in [0.3, 0.4) is 0 Å². The molecule has 2 rings (SSSR count). The van der Waals surface area contributed by atoms with Crippen LogP contribution < -0.4 is 5.56 Å². The van der Waals surface area contributed by atoms with Crippen molar-refractivity contribution in [2.45, 2.75) is 6.54 Å². The van der Waals surface area contributed by atoms with E-state index in [1.54, 1.807) is 12.1 Å². The first-order valence-electron chi connectivity index (χ1n) is 3.95. The first kappa shape index (κ1) is 8.04. The van der Waals surface area contributed by atoms with Crippen LogP contribution in [0.4, 0.5) is 4.39 Å². The van der Waals surface area contributed by atoms with Crippen LogP contribution in [0.5, 0.6) is 0 Å². The van der Waals surface area contributed by atoms with Gasteiger partial charge in [-0.15, -0.1) is 0 Å². The molecule has 0 aromatic carbocycles. The lowest BCUT2D eigenvalue weighted by molar-refractivity contribution is 0.441. The molecule has 0 saturated carbocycles. The Morgan fingerprint density at radius 2 is 2.31 bits per heavy atom. The number of pyridine rings is 1. The van der Waals surface area contributed by atoms with Gasteiger partial charge in [0.25, 0.3) is 5.56 Å². The van der Waals surface area contributed by atoms with Gasteiger partial charge in [0.05, 0.1) is 18.2 Å². The largest absolute Gasteiger partial charge is 0.464 e. The van der Waals surface area contributed by atoms with Crippen molar-refractivity contribution in [3.63, 3.8) is 0 Å². The minimum atomic E-state index is -0.538. The topological polar surface area (TPSA) is 35.1 Å². The van der Waals surface area contributed by atoms with E-state index in [-0.39, 0.29) is 12.1 Å². The molecule has 0 fully saturated rings. The zero-order valence-corrected chi connectivity index (χ0v) is 6.87. The van der Waals surface area contributed by atoms with Gasteiger partial charge in [0.15, 0.2) is 0 Å². The van der Waals surface area contributed by atoms with E-state index in [1.807, 2.05) is 0 Å². The zero-order valence-electron chi connectivity index (χ0n) is 6.87. The Hall–Kier alpha value is -1.58. The van der Waals surface area contributed by atoms with Crippen molar-refractivity contribution >= 4 is 11.0 Å². The second-order valence-electron chi connectivity index (χ2n) is 2.70. The molecule has 0 amide bonds. The quantitative estimate of drug-likeness (QED) is 0.704. The molecule has 0 aliphatic carbocycles. The average Bonchev–Trinajstić information content (AvgIpc) is 2.58. The summed E-state index contributed by atoms with van der Waals surface area (Å²) in [6.07, 6.45) is 2.99. The summed E-state index contributed by atoms with van der Waals surface area (Å²) in [4.78, 5) is 11.5. The first-order valence-corrected chi connectivity index (χ1v) is 3.95. The van der Waals surface area contributed by atoms with Gasteiger partial charge in [0.1, 0.15) is 12.3 Å². The van der Waals surface area contributed by atoms with Crippen molar-refractivity contribution in [3.8, 4) is 0 Å². The molecule has 4 heteroatoms. The molecule has 68 valence electrons. The number of alkyl halides is 1. The summed E-state index contributed by atoms with van der Waals surface area (Å²) in [6.45, 7) is -0.441. The number of halogens is 1. The van der Waals surface area contributed by atoms with Crippen molar-refractivity contribution in [2.75, 3.05) is 6.67 Å². The monoisotopic (exact) mass is 181 g/mol. The fourth-order valence-electron chi connectivity index (χ4n) is 1.27. The van der Waals surface area contributed by atoms with Gasteiger partial charge in [-0.3, -0.25) is 4.79 Å². The van der Waals surface area contributed by atoms with Gasteiger partial charge in [-0.2, -0.15) is 0 Å². The van der Waals surface area contributed by atoms with E-state index in [0.717, 1.165) is 0 Å². The van der Waals surface area contributed by atoms with Gasteiger partial charge in [-0.25, -0.2) is 4.39 Å².